The first-order valence-corrected chi connectivity index (χ1v) is 6.59. The molecule has 1 atom stereocenters. The predicted octanol–water partition coefficient (Wildman–Crippen LogP) is 2.00. The van der Waals surface area contributed by atoms with E-state index in [9.17, 15) is 9.59 Å². The number of nitrogens with zero attached hydrogens (tertiary/aromatic N) is 1. The standard InChI is InChI=1S/C14H20N2O2/c1-3-10(2)15-13(17)9-16-7-6-12(8-16)14(18)11-4-5-11/h6-8,10-11H,3-5,9H2,1-2H3,(H,15,17). The molecule has 18 heavy (non-hydrogen) atoms. The van der Waals surface area contributed by atoms with E-state index in [1.807, 2.05) is 13.8 Å². The van der Waals surface area contributed by atoms with Gasteiger partial charge in [-0.25, -0.2) is 0 Å². The zero-order valence-corrected chi connectivity index (χ0v) is 11.0. The Bertz CT molecular complexity index is 446. The number of ketones is 1. The van der Waals surface area contributed by atoms with E-state index in [4.69, 9.17) is 0 Å². The third-order valence-corrected chi connectivity index (χ3v) is 3.33. The summed E-state index contributed by atoms with van der Waals surface area (Å²) in [5.74, 6) is 0.441. The van der Waals surface area contributed by atoms with Gasteiger partial charge in [0.15, 0.2) is 5.78 Å². The van der Waals surface area contributed by atoms with E-state index in [0.717, 1.165) is 24.8 Å². The van der Waals surface area contributed by atoms with E-state index in [-0.39, 0.29) is 30.2 Å². The van der Waals surface area contributed by atoms with E-state index in [2.05, 4.69) is 5.32 Å². The van der Waals surface area contributed by atoms with Crippen LogP contribution in [-0.4, -0.2) is 22.3 Å². The van der Waals surface area contributed by atoms with Crippen LogP contribution in [0, 0.1) is 5.92 Å². The minimum absolute atomic E-state index is 0.00892. The van der Waals surface area contributed by atoms with E-state index < -0.39 is 0 Å². The average molecular weight is 248 g/mol. The summed E-state index contributed by atoms with van der Waals surface area (Å²) in [5, 5.41) is 2.91. The lowest BCUT2D eigenvalue weighted by molar-refractivity contribution is -0.122. The maximum atomic E-state index is 11.8. The Hall–Kier alpha value is -1.58. The van der Waals surface area contributed by atoms with Crippen molar-refractivity contribution >= 4 is 11.7 Å². The van der Waals surface area contributed by atoms with Crippen molar-refractivity contribution < 1.29 is 9.59 Å². The molecule has 4 nitrogen and oxygen atoms in total. The van der Waals surface area contributed by atoms with Crippen LogP contribution in [0.1, 0.15) is 43.5 Å². The van der Waals surface area contributed by atoms with Gasteiger partial charge in [0.05, 0.1) is 0 Å². The maximum absolute atomic E-state index is 11.8. The highest BCUT2D eigenvalue weighted by Gasteiger charge is 2.30. The fourth-order valence-corrected chi connectivity index (χ4v) is 1.85. The average Bonchev–Trinajstić information content (AvgIpc) is 3.09. The fraction of sp³-hybridized carbons (Fsp3) is 0.571. The number of hydrogen-bond acceptors (Lipinski definition) is 2. The van der Waals surface area contributed by atoms with Crippen LogP contribution < -0.4 is 5.32 Å². The normalized spacial score (nSPS) is 16.3. The molecule has 4 heteroatoms. The van der Waals surface area contributed by atoms with Crippen LogP contribution in [0.15, 0.2) is 18.5 Å². The maximum Gasteiger partial charge on any atom is 0.240 e. The topological polar surface area (TPSA) is 51.1 Å². The molecule has 98 valence electrons. The highest BCUT2D eigenvalue weighted by molar-refractivity contribution is 5.99. The molecule has 1 amide bonds. The van der Waals surface area contributed by atoms with Gasteiger partial charge in [0.1, 0.15) is 6.54 Å². The van der Waals surface area contributed by atoms with Gasteiger partial charge in [0.2, 0.25) is 5.91 Å². The van der Waals surface area contributed by atoms with Crippen molar-refractivity contribution in [1.82, 2.24) is 9.88 Å². The SMILES string of the molecule is CCC(C)NC(=O)Cn1ccc(C(=O)C2CC2)c1. The van der Waals surface area contributed by atoms with E-state index >= 15 is 0 Å². The molecular weight excluding hydrogens is 228 g/mol. The van der Waals surface area contributed by atoms with Crippen LogP contribution in [0.5, 0.6) is 0 Å². The summed E-state index contributed by atoms with van der Waals surface area (Å²) >= 11 is 0. The van der Waals surface area contributed by atoms with E-state index in [1.54, 1.807) is 23.0 Å². The molecule has 0 aromatic carbocycles. The Morgan fingerprint density at radius 3 is 2.83 bits per heavy atom. The Labute approximate surface area is 107 Å². The van der Waals surface area contributed by atoms with Crippen molar-refractivity contribution in [3.63, 3.8) is 0 Å². The van der Waals surface area contributed by atoms with Crippen LogP contribution in [0.2, 0.25) is 0 Å². The van der Waals surface area contributed by atoms with Gasteiger partial charge in [-0.05, 0) is 32.3 Å². The monoisotopic (exact) mass is 248 g/mol. The largest absolute Gasteiger partial charge is 0.352 e. The number of rotatable bonds is 6. The van der Waals surface area contributed by atoms with Crippen LogP contribution >= 0.6 is 0 Å². The third-order valence-electron chi connectivity index (χ3n) is 3.33. The van der Waals surface area contributed by atoms with Gasteiger partial charge in [-0.15, -0.1) is 0 Å². The number of Topliss-reactive ketones (excluding diaryl/α,β-unsaturated/α-hetero) is 1. The number of hydrogen-bond donors (Lipinski definition) is 1. The van der Waals surface area contributed by atoms with E-state index in [0.29, 0.717) is 0 Å². The molecule has 1 aliphatic rings. The summed E-state index contributed by atoms with van der Waals surface area (Å²) in [6.07, 6.45) is 6.52. The van der Waals surface area contributed by atoms with Gasteiger partial charge in [-0.2, -0.15) is 0 Å². The molecule has 0 aliphatic heterocycles. The predicted molar refractivity (Wildman–Crippen MR) is 69.4 cm³/mol. The second-order valence-electron chi connectivity index (χ2n) is 5.09. The first kappa shape index (κ1) is 12.9. The Balaban J connectivity index is 1.89. The van der Waals surface area contributed by atoms with Crippen molar-refractivity contribution in [3.05, 3.63) is 24.0 Å². The molecule has 0 spiro atoms. The molecule has 2 rings (SSSR count). The zero-order valence-electron chi connectivity index (χ0n) is 11.0. The minimum Gasteiger partial charge on any atom is -0.352 e. The van der Waals surface area contributed by atoms with Gasteiger partial charge in [-0.3, -0.25) is 9.59 Å². The van der Waals surface area contributed by atoms with Crippen molar-refractivity contribution in [2.24, 2.45) is 5.92 Å². The second kappa shape index (κ2) is 5.38. The lowest BCUT2D eigenvalue weighted by atomic mass is 10.1. The molecule has 1 aliphatic carbocycles. The first-order valence-electron chi connectivity index (χ1n) is 6.59. The molecule has 0 bridgehead atoms. The number of aromatic nitrogens is 1. The molecule has 1 unspecified atom stereocenters. The molecule has 0 saturated heterocycles. The molecular formula is C14H20N2O2. The Kier molecular flexibility index (Phi) is 3.84. The molecule has 0 radical (unpaired) electrons. The summed E-state index contributed by atoms with van der Waals surface area (Å²) < 4.78 is 1.77. The van der Waals surface area contributed by atoms with Crippen molar-refractivity contribution in [3.8, 4) is 0 Å². The summed E-state index contributed by atoms with van der Waals surface area (Å²) in [6.45, 7) is 4.30. The number of nitrogens with one attached hydrogen (secondary N) is 1. The minimum atomic E-state index is -0.00892. The summed E-state index contributed by atoms with van der Waals surface area (Å²) in [6, 6.07) is 2.00. The third kappa shape index (κ3) is 3.22. The van der Waals surface area contributed by atoms with Crippen LogP contribution in [0.3, 0.4) is 0 Å². The molecule has 1 saturated carbocycles. The number of carbonyl (C=O) groups is 2. The molecule has 1 aromatic heterocycles. The van der Waals surface area contributed by atoms with E-state index in [1.165, 1.54) is 0 Å². The molecule has 1 aromatic rings. The molecule has 1 N–H and O–H groups in total. The fourth-order valence-electron chi connectivity index (χ4n) is 1.85. The first-order chi connectivity index (χ1) is 8.60. The van der Waals surface area contributed by atoms with Crippen molar-refractivity contribution in [2.75, 3.05) is 0 Å². The molecule has 1 heterocycles. The zero-order chi connectivity index (χ0) is 13.1. The highest BCUT2D eigenvalue weighted by Crippen LogP contribution is 2.32. The van der Waals surface area contributed by atoms with Gasteiger partial charge < -0.3 is 9.88 Å². The van der Waals surface area contributed by atoms with Gasteiger partial charge in [0.25, 0.3) is 0 Å². The lowest BCUT2D eigenvalue weighted by Crippen LogP contribution is -2.34. The van der Waals surface area contributed by atoms with Gasteiger partial charge in [-0.1, -0.05) is 6.92 Å². The van der Waals surface area contributed by atoms with Crippen molar-refractivity contribution in [2.45, 2.75) is 45.7 Å². The Morgan fingerprint density at radius 2 is 2.22 bits per heavy atom. The number of carbonyl (C=O) groups excluding carboxylic acids is 2. The smallest absolute Gasteiger partial charge is 0.240 e. The summed E-state index contributed by atoms with van der Waals surface area (Å²) in [5.41, 5.74) is 0.730. The van der Waals surface area contributed by atoms with Crippen LogP contribution in [0.4, 0.5) is 0 Å². The van der Waals surface area contributed by atoms with Crippen molar-refractivity contribution in [1.29, 1.82) is 0 Å². The van der Waals surface area contributed by atoms with Gasteiger partial charge >= 0.3 is 0 Å². The van der Waals surface area contributed by atoms with Crippen LogP contribution in [-0.2, 0) is 11.3 Å². The quantitative estimate of drug-likeness (QED) is 0.783. The van der Waals surface area contributed by atoms with Gasteiger partial charge in [0, 0.05) is 29.9 Å². The van der Waals surface area contributed by atoms with Crippen LogP contribution in [0.25, 0.3) is 0 Å². The summed E-state index contributed by atoms with van der Waals surface area (Å²) in [4.78, 5) is 23.5. The molecule has 1 fully saturated rings. The Morgan fingerprint density at radius 1 is 1.50 bits per heavy atom. The highest BCUT2D eigenvalue weighted by atomic mass is 16.2. The number of amides is 1. The lowest BCUT2D eigenvalue weighted by Gasteiger charge is -2.11. The summed E-state index contributed by atoms with van der Waals surface area (Å²) in [7, 11) is 0. The second-order valence-corrected chi connectivity index (χ2v) is 5.09.